The van der Waals surface area contributed by atoms with Gasteiger partial charge in [-0.1, -0.05) is 17.7 Å². The van der Waals surface area contributed by atoms with Crippen LogP contribution in [0.15, 0.2) is 41.0 Å². The predicted octanol–water partition coefficient (Wildman–Crippen LogP) is 3.52. The minimum atomic E-state index is -0.552. The highest BCUT2D eigenvalue weighted by Gasteiger charge is 2.12. The summed E-state index contributed by atoms with van der Waals surface area (Å²) < 4.78 is 5.20. The Bertz CT molecular complexity index is 463. The van der Waals surface area contributed by atoms with Gasteiger partial charge < -0.3 is 9.52 Å². The van der Waals surface area contributed by atoms with E-state index < -0.39 is 6.10 Å². The van der Waals surface area contributed by atoms with Crippen molar-refractivity contribution in [3.63, 3.8) is 0 Å². The Hall–Kier alpha value is -1.25. The number of benzene rings is 1. The molecule has 0 aliphatic heterocycles. The second kappa shape index (κ2) is 4.73. The molecule has 16 heavy (non-hydrogen) atoms. The summed E-state index contributed by atoms with van der Waals surface area (Å²) in [5.41, 5.74) is 1.88. The first-order valence-electron chi connectivity index (χ1n) is 5.13. The molecule has 0 aliphatic rings. The van der Waals surface area contributed by atoms with Crippen LogP contribution in [0.4, 0.5) is 0 Å². The van der Waals surface area contributed by atoms with Gasteiger partial charge in [0.1, 0.15) is 5.76 Å². The maximum Gasteiger partial charge on any atom is 0.106 e. The molecular formula is C13H13ClO2. The number of aliphatic hydroxyl groups is 1. The van der Waals surface area contributed by atoms with Crippen LogP contribution >= 0.6 is 11.6 Å². The first kappa shape index (κ1) is 11.2. The lowest BCUT2D eigenvalue weighted by atomic mass is 10.0. The lowest BCUT2D eigenvalue weighted by Gasteiger charge is -2.12. The van der Waals surface area contributed by atoms with Crippen LogP contribution < -0.4 is 0 Å². The lowest BCUT2D eigenvalue weighted by Crippen LogP contribution is -2.03. The van der Waals surface area contributed by atoms with Crippen LogP contribution in [0.2, 0.25) is 5.02 Å². The highest BCUT2D eigenvalue weighted by molar-refractivity contribution is 6.30. The molecule has 1 N–H and O–H groups in total. The van der Waals surface area contributed by atoms with Gasteiger partial charge in [0.15, 0.2) is 0 Å². The van der Waals surface area contributed by atoms with Gasteiger partial charge in [-0.3, -0.25) is 0 Å². The van der Waals surface area contributed by atoms with E-state index in [9.17, 15) is 5.11 Å². The average Bonchev–Trinajstić information content (AvgIpc) is 2.70. The summed E-state index contributed by atoms with van der Waals surface area (Å²) in [4.78, 5) is 0. The first-order chi connectivity index (χ1) is 7.66. The number of aliphatic hydroxyl groups excluding tert-OH is 1. The standard InChI is InChI=1S/C13H13ClO2/c1-9-7-10(14)4-5-12(9)13(15)8-11-3-2-6-16-11/h2-7,13,15H,8H2,1H3. The van der Waals surface area contributed by atoms with Crippen LogP contribution in [-0.4, -0.2) is 5.11 Å². The van der Waals surface area contributed by atoms with E-state index in [1.54, 1.807) is 12.3 Å². The Balaban J connectivity index is 2.17. The molecule has 1 unspecified atom stereocenters. The zero-order chi connectivity index (χ0) is 11.5. The number of rotatable bonds is 3. The van der Waals surface area contributed by atoms with Crippen molar-refractivity contribution in [2.24, 2.45) is 0 Å². The highest BCUT2D eigenvalue weighted by atomic mass is 35.5. The molecule has 2 aromatic rings. The molecule has 1 atom stereocenters. The molecule has 0 spiro atoms. The van der Waals surface area contributed by atoms with Crippen molar-refractivity contribution in [2.75, 3.05) is 0 Å². The van der Waals surface area contributed by atoms with Crippen LogP contribution in [0.1, 0.15) is 23.0 Å². The predicted molar refractivity (Wildman–Crippen MR) is 63.6 cm³/mol. The SMILES string of the molecule is Cc1cc(Cl)ccc1C(O)Cc1ccco1. The zero-order valence-electron chi connectivity index (χ0n) is 8.98. The fourth-order valence-corrected chi connectivity index (χ4v) is 1.97. The summed E-state index contributed by atoms with van der Waals surface area (Å²) in [5, 5.41) is 10.7. The molecule has 0 radical (unpaired) electrons. The van der Waals surface area contributed by atoms with Gasteiger partial charge >= 0.3 is 0 Å². The van der Waals surface area contributed by atoms with Gasteiger partial charge in [0.05, 0.1) is 12.4 Å². The third-order valence-electron chi connectivity index (χ3n) is 2.57. The zero-order valence-corrected chi connectivity index (χ0v) is 9.74. The molecule has 0 saturated carbocycles. The van der Waals surface area contributed by atoms with Gasteiger partial charge in [-0.2, -0.15) is 0 Å². The quantitative estimate of drug-likeness (QED) is 0.885. The molecule has 0 fully saturated rings. The van der Waals surface area contributed by atoms with E-state index in [-0.39, 0.29) is 0 Å². The van der Waals surface area contributed by atoms with Crippen molar-refractivity contribution in [1.82, 2.24) is 0 Å². The topological polar surface area (TPSA) is 33.4 Å². The van der Waals surface area contributed by atoms with Gasteiger partial charge in [-0.05, 0) is 42.3 Å². The van der Waals surface area contributed by atoms with Gasteiger partial charge in [-0.25, -0.2) is 0 Å². The maximum absolute atomic E-state index is 10.1. The van der Waals surface area contributed by atoms with Gasteiger partial charge in [0, 0.05) is 11.4 Å². The normalized spacial score (nSPS) is 12.7. The Morgan fingerprint density at radius 1 is 1.38 bits per heavy atom. The molecule has 1 aromatic heterocycles. The van der Waals surface area contributed by atoms with Crippen molar-refractivity contribution < 1.29 is 9.52 Å². The van der Waals surface area contributed by atoms with Crippen LogP contribution in [0, 0.1) is 6.92 Å². The van der Waals surface area contributed by atoms with Crippen LogP contribution in [0.3, 0.4) is 0 Å². The third-order valence-corrected chi connectivity index (χ3v) is 2.80. The van der Waals surface area contributed by atoms with Crippen LogP contribution in [0.25, 0.3) is 0 Å². The summed E-state index contributed by atoms with van der Waals surface area (Å²) in [5.74, 6) is 0.779. The summed E-state index contributed by atoms with van der Waals surface area (Å²) in [7, 11) is 0. The van der Waals surface area contributed by atoms with E-state index in [4.69, 9.17) is 16.0 Å². The number of furan rings is 1. The van der Waals surface area contributed by atoms with E-state index in [1.807, 2.05) is 31.2 Å². The average molecular weight is 237 g/mol. The number of hydrogen-bond acceptors (Lipinski definition) is 2. The lowest BCUT2D eigenvalue weighted by molar-refractivity contribution is 0.170. The smallest absolute Gasteiger partial charge is 0.106 e. The van der Waals surface area contributed by atoms with E-state index >= 15 is 0 Å². The molecule has 0 amide bonds. The molecule has 2 nitrogen and oxygen atoms in total. The minimum Gasteiger partial charge on any atom is -0.469 e. The third kappa shape index (κ3) is 2.46. The first-order valence-corrected chi connectivity index (χ1v) is 5.51. The van der Waals surface area contributed by atoms with Crippen LogP contribution in [-0.2, 0) is 6.42 Å². The minimum absolute atomic E-state index is 0.482. The molecule has 1 heterocycles. The van der Waals surface area contributed by atoms with E-state index in [1.165, 1.54) is 0 Å². The Labute approximate surface area is 99.5 Å². The number of hydrogen-bond donors (Lipinski definition) is 1. The Kier molecular flexibility index (Phi) is 3.32. The van der Waals surface area contributed by atoms with Crippen LogP contribution in [0.5, 0.6) is 0 Å². The van der Waals surface area contributed by atoms with Crippen molar-refractivity contribution >= 4 is 11.6 Å². The van der Waals surface area contributed by atoms with Crippen molar-refractivity contribution in [2.45, 2.75) is 19.4 Å². The molecule has 3 heteroatoms. The summed E-state index contributed by atoms with van der Waals surface area (Å²) in [6.45, 7) is 1.94. The van der Waals surface area contributed by atoms with Crippen molar-refractivity contribution in [3.8, 4) is 0 Å². The van der Waals surface area contributed by atoms with E-state index in [0.29, 0.717) is 11.4 Å². The Morgan fingerprint density at radius 3 is 2.81 bits per heavy atom. The maximum atomic E-state index is 10.1. The molecule has 2 rings (SSSR count). The van der Waals surface area contributed by atoms with E-state index in [0.717, 1.165) is 16.9 Å². The highest BCUT2D eigenvalue weighted by Crippen LogP contribution is 2.24. The van der Waals surface area contributed by atoms with Crippen molar-refractivity contribution in [3.05, 3.63) is 58.5 Å². The largest absolute Gasteiger partial charge is 0.469 e. The molecule has 0 aliphatic carbocycles. The molecule has 1 aromatic carbocycles. The second-order valence-corrected chi connectivity index (χ2v) is 4.24. The monoisotopic (exact) mass is 236 g/mol. The van der Waals surface area contributed by atoms with E-state index in [2.05, 4.69) is 0 Å². The summed E-state index contributed by atoms with van der Waals surface area (Å²) >= 11 is 5.86. The summed E-state index contributed by atoms with van der Waals surface area (Å²) in [6, 6.07) is 9.16. The molecule has 0 saturated heterocycles. The molecular weight excluding hydrogens is 224 g/mol. The number of aryl methyl sites for hydroxylation is 1. The second-order valence-electron chi connectivity index (χ2n) is 3.80. The fraction of sp³-hybridized carbons (Fsp3) is 0.231. The summed E-state index contributed by atoms with van der Waals surface area (Å²) in [6.07, 6.45) is 1.54. The number of halogens is 1. The molecule has 0 bridgehead atoms. The van der Waals surface area contributed by atoms with Gasteiger partial charge in [-0.15, -0.1) is 0 Å². The fourth-order valence-electron chi connectivity index (χ4n) is 1.74. The molecule has 84 valence electrons. The Morgan fingerprint density at radius 2 is 2.19 bits per heavy atom. The van der Waals surface area contributed by atoms with Crippen molar-refractivity contribution in [1.29, 1.82) is 0 Å². The van der Waals surface area contributed by atoms with Gasteiger partial charge in [0.2, 0.25) is 0 Å². The van der Waals surface area contributed by atoms with Gasteiger partial charge in [0.25, 0.3) is 0 Å².